The fourth-order valence-electron chi connectivity index (χ4n) is 2.90. The molecule has 0 aliphatic heterocycles. The van der Waals surface area contributed by atoms with Gasteiger partial charge in [0, 0.05) is 39.3 Å². The van der Waals surface area contributed by atoms with E-state index in [0.717, 1.165) is 38.1 Å². The lowest BCUT2D eigenvalue weighted by Gasteiger charge is -2.24. The molecule has 1 amide bonds. The van der Waals surface area contributed by atoms with Crippen LogP contribution in [0.1, 0.15) is 52.9 Å². The number of hydrogen-bond acceptors (Lipinski definition) is 4. The lowest BCUT2D eigenvalue weighted by Crippen LogP contribution is -2.43. The van der Waals surface area contributed by atoms with E-state index in [4.69, 9.17) is 4.74 Å². The van der Waals surface area contributed by atoms with E-state index >= 15 is 0 Å². The molecule has 0 aromatic heterocycles. The van der Waals surface area contributed by atoms with Crippen LogP contribution in [0, 0.1) is 0 Å². The van der Waals surface area contributed by atoms with Gasteiger partial charge in [-0.2, -0.15) is 0 Å². The number of aliphatic imine (C=N–C) groups is 1. The molecule has 1 aliphatic carbocycles. The van der Waals surface area contributed by atoms with Gasteiger partial charge in [0.05, 0.1) is 0 Å². The first-order chi connectivity index (χ1) is 11.8. The van der Waals surface area contributed by atoms with Crippen molar-refractivity contribution in [1.82, 2.24) is 20.9 Å². The number of carbonyl (C=O) groups is 1. The van der Waals surface area contributed by atoms with Gasteiger partial charge in [-0.05, 0) is 47.1 Å². The summed E-state index contributed by atoms with van der Waals surface area (Å²) >= 11 is 0. The number of alkyl carbamates (subject to hydrolysis) is 1. The molecular weight excluding hydrogens is 445 g/mol. The van der Waals surface area contributed by atoms with E-state index in [1.807, 2.05) is 20.8 Å². The normalized spacial score (nSPS) is 15.5. The first kappa shape index (κ1) is 25.2. The standard InChI is InChI=1S/C18H37N5O2.HI/c1-18(2,3)25-17(24)22-12-8-11-20-16(19-4)21-13-14-23(5)15-9-6-7-10-15;/h15H,6-14H2,1-5H3,(H,22,24)(H2,19,20,21);1H. The molecule has 154 valence electrons. The maximum Gasteiger partial charge on any atom is 0.407 e. The minimum Gasteiger partial charge on any atom is -0.444 e. The van der Waals surface area contributed by atoms with Gasteiger partial charge in [-0.1, -0.05) is 12.8 Å². The van der Waals surface area contributed by atoms with Crippen LogP contribution in [-0.2, 0) is 4.74 Å². The summed E-state index contributed by atoms with van der Waals surface area (Å²) in [4.78, 5) is 18.2. The van der Waals surface area contributed by atoms with Gasteiger partial charge >= 0.3 is 6.09 Å². The fourth-order valence-corrected chi connectivity index (χ4v) is 2.90. The zero-order chi connectivity index (χ0) is 18.7. The summed E-state index contributed by atoms with van der Waals surface area (Å²) in [5, 5.41) is 9.35. The van der Waals surface area contributed by atoms with Crippen LogP contribution in [0.25, 0.3) is 0 Å². The maximum atomic E-state index is 11.5. The number of carbonyl (C=O) groups excluding carboxylic acids is 1. The first-order valence-electron chi connectivity index (χ1n) is 9.43. The van der Waals surface area contributed by atoms with Crippen molar-refractivity contribution in [3.63, 3.8) is 0 Å². The third-order valence-corrected chi connectivity index (χ3v) is 4.24. The van der Waals surface area contributed by atoms with Crippen LogP contribution in [0.3, 0.4) is 0 Å². The Bertz CT molecular complexity index is 420. The predicted octanol–water partition coefficient (Wildman–Crippen LogP) is 2.56. The van der Waals surface area contributed by atoms with E-state index in [-0.39, 0.29) is 30.1 Å². The van der Waals surface area contributed by atoms with Crippen molar-refractivity contribution in [1.29, 1.82) is 0 Å². The third-order valence-electron chi connectivity index (χ3n) is 4.24. The quantitative estimate of drug-likeness (QED) is 0.214. The van der Waals surface area contributed by atoms with E-state index in [1.165, 1.54) is 25.7 Å². The molecule has 1 aliphatic rings. The number of rotatable bonds is 8. The van der Waals surface area contributed by atoms with Gasteiger partial charge in [0.1, 0.15) is 5.60 Å². The molecule has 1 rings (SSSR count). The number of likely N-dealkylation sites (N-methyl/N-ethyl adjacent to an activating group) is 1. The first-order valence-corrected chi connectivity index (χ1v) is 9.43. The molecule has 0 aromatic carbocycles. The van der Waals surface area contributed by atoms with Crippen LogP contribution in [-0.4, -0.2) is 68.9 Å². The van der Waals surface area contributed by atoms with Gasteiger partial charge in [0.15, 0.2) is 5.96 Å². The Morgan fingerprint density at radius 2 is 1.69 bits per heavy atom. The highest BCUT2D eigenvalue weighted by Gasteiger charge is 2.19. The van der Waals surface area contributed by atoms with Crippen molar-refractivity contribution in [2.75, 3.05) is 40.3 Å². The van der Waals surface area contributed by atoms with Gasteiger partial charge in [0.2, 0.25) is 0 Å². The number of amides is 1. The molecule has 0 unspecified atom stereocenters. The molecule has 0 radical (unpaired) electrons. The van der Waals surface area contributed by atoms with Gasteiger partial charge in [-0.15, -0.1) is 24.0 Å². The number of nitrogens with zero attached hydrogens (tertiary/aromatic N) is 2. The molecule has 3 N–H and O–H groups in total. The molecule has 0 aromatic rings. The number of guanidine groups is 1. The molecule has 0 bridgehead atoms. The average Bonchev–Trinajstić information content (AvgIpc) is 3.05. The Balaban J connectivity index is 0.00000625. The highest BCUT2D eigenvalue weighted by atomic mass is 127. The van der Waals surface area contributed by atoms with Crippen molar-refractivity contribution in [3.8, 4) is 0 Å². The van der Waals surface area contributed by atoms with Crippen LogP contribution < -0.4 is 16.0 Å². The van der Waals surface area contributed by atoms with E-state index in [2.05, 4.69) is 32.9 Å². The summed E-state index contributed by atoms with van der Waals surface area (Å²) in [5.41, 5.74) is -0.458. The van der Waals surface area contributed by atoms with E-state index in [9.17, 15) is 4.79 Å². The van der Waals surface area contributed by atoms with Crippen molar-refractivity contribution >= 4 is 36.0 Å². The second kappa shape index (κ2) is 13.4. The highest BCUT2D eigenvalue weighted by molar-refractivity contribution is 14.0. The SMILES string of the molecule is CN=C(NCCCNC(=O)OC(C)(C)C)NCCN(C)C1CCCC1.I. The summed E-state index contributed by atoms with van der Waals surface area (Å²) in [6.07, 6.45) is 5.82. The van der Waals surface area contributed by atoms with Crippen molar-refractivity contribution < 1.29 is 9.53 Å². The third kappa shape index (κ3) is 11.8. The molecular formula is C18H38IN5O2. The highest BCUT2D eigenvalue weighted by Crippen LogP contribution is 2.21. The minimum absolute atomic E-state index is 0. The summed E-state index contributed by atoms with van der Waals surface area (Å²) in [6.45, 7) is 8.78. The average molecular weight is 483 g/mol. The van der Waals surface area contributed by atoms with Gasteiger partial charge in [-0.25, -0.2) is 4.79 Å². The Morgan fingerprint density at radius 3 is 2.27 bits per heavy atom. The zero-order valence-corrected chi connectivity index (χ0v) is 19.4. The van der Waals surface area contributed by atoms with Crippen LogP contribution in [0.4, 0.5) is 4.79 Å². The number of ether oxygens (including phenoxy) is 1. The van der Waals surface area contributed by atoms with E-state index in [0.29, 0.717) is 6.54 Å². The number of halogens is 1. The Hall–Kier alpha value is -0.770. The number of nitrogens with one attached hydrogen (secondary N) is 3. The fraction of sp³-hybridized carbons (Fsp3) is 0.889. The zero-order valence-electron chi connectivity index (χ0n) is 17.1. The van der Waals surface area contributed by atoms with Crippen LogP contribution in [0.15, 0.2) is 4.99 Å². The molecule has 8 heteroatoms. The summed E-state index contributed by atoms with van der Waals surface area (Å²) in [6, 6.07) is 0.746. The second-order valence-electron chi connectivity index (χ2n) is 7.63. The summed E-state index contributed by atoms with van der Waals surface area (Å²) in [7, 11) is 3.98. The Morgan fingerprint density at radius 1 is 1.12 bits per heavy atom. The van der Waals surface area contributed by atoms with Crippen LogP contribution >= 0.6 is 24.0 Å². The second-order valence-corrected chi connectivity index (χ2v) is 7.63. The number of hydrogen-bond donors (Lipinski definition) is 3. The summed E-state index contributed by atoms with van der Waals surface area (Å²) < 4.78 is 5.19. The minimum atomic E-state index is -0.458. The molecule has 0 spiro atoms. The Labute approximate surface area is 176 Å². The summed E-state index contributed by atoms with van der Waals surface area (Å²) in [5.74, 6) is 0.803. The largest absolute Gasteiger partial charge is 0.444 e. The van der Waals surface area contributed by atoms with E-state index < -0.39 is 5.60 Å². The van der Waals surface area contributed by atoms with Crippen LogP contribution in [0.5, 0.6) is 0 Å². The molecule has 7 nitrogen and oxygen atoms in total. The predicted molar refractivity (Wildman–Crippen MR) is 119 cm³/mol. The van der Waals surface area contributed by atoms with Gasteiger partial charge in [0.25, 0.3) is 0 Å². The monoisotopic (exact) mass is 483 g/mol. The van der Waals surface area contributed by atoms with Crippen LogP contribution in [0.2, 0.25) is 0 Å². The lowest BCUT2D eigenvalue weighted by molar-refractivity contribution is 0.0527. The topological polar surface area (TPSA) is 78.0 Å². The van der Waals surface area contributed by atoms with Crippen molar-refractivity contribution in [3.05, 3.63) is 0 Å². The molecule has 0 saturated heterocycles. The Kier molecular flexibility index (Phi) is 13.0. The van der Waals surface area contributed by atoms with Gasteiger partial charge in [-0.3, -0.25) is 4.99 Å². The molecule has 1 fully saturated rings. The molecule has 0 heterocycles. The molecule has 26 heavy (non-hydrogen) atoms. The van der Waals surface area contributed by atoms with Gasteiger partial charge < -0.3 is 25.6 Å². The van der Waals surface area contributed by atoms with Crippen molar-refractivity contribution in [2.24, 2.45) is 4.99 Å². The van der Waals surface area contributed by atoms with E-state index in [1.54, 1.807) is 7.05 Å². The smallest absolute Gasteiger partial charge is 0.407 e. The molecule has 0 atom stereocenters. The molecule has 1 saturated carbocycles. The van der Waals surface area contributed by atoms with Crippen molar-refractivity contribution in [2.45, 2.75) is 64.5 Å². The lowest BCUT2D eigenvalue weighted by atomic mass is 10.2. The maximum absolute atomic E-state index is 11.5.